The number of rotatable bonds is 2. The van der Waals surface area contributed by atoms with E-state index in [2.05, 4.69) is 25.2 Å². The zero-order valence-corrected chi connectivity index (χ0v) is 13.5. The van der Waals surface area contributed by atoms with Gasteiger partial charge < -0.3 is 10.1 Å². The predicted molar refractivity (Wildman–Crippen MR) is 86.8 cm³/mol. The third-order valence-electron chi connectivity index (χ3n) is 3.83. The Morgan fingerprint density at radius 1 is 0.964 bits per heavy atom. The van der Waals surface area contributed by atoms with Crippen LogP contribution >= 0.6 is 0 Å². The van der Waals surface area contributed by atoms with Gasteiger partial charge in [-0.2, -0.15) is 5.10 Å². The molecule has 0 spiro atoms. The highest BCUT2D eigenvalue weighted by molar-refractivity contribution is 6.13. The van der Waals surface area contributed by atoms with Crippen LogP contribution in [-0.4, -0.2) is 22.4 Å². The molecule has 2 aromatic carbocycles. The number of halogens is 6. The zero-order chi connectivity index (χ0) is 20.1. The summed E-state index contributed by atoms with van der Waals surface area (Å²) in [4.78, 5) is 4.11. The second kappa shape index (κ2) is 6.29. The van der Waals surface area contributed by atoms with Gasteiger partial charge in [0.2, 0.25) is 0 Å². The predicted octanol–water partition coefficient (Wildman–Crippen LogP) is 4.90. The van der Waals surface area contributed by atoms with Crippen LogP contribution in [0.5, 0.6) is 5.75 Å². The first kappa shape index (κ1) is 17.9. The lowest BCUT2D eigenvalue weighted by atomic mass is 10.1. The summed E-state index contributed by atoms with van der Waals surface area (Å²) >= 11 is 0. The molecule has 5 nitrogen and oxygen atoms in total. The first-order valence-corrected chi connectivity index (χ1v) is 7.66. The Morgan fingerprint density at radius 2 is 1.68 bits per heavy atom. The normalized spacial score (nSPS) is 13.1. The van der Waals surface area contributed by atoms with Crippen LogP contribution in [0.1, 0.15) is 5.56 Å². The van der Waals surface area contributed by atoms with Gasteiger partial charge in [0, 0.05) is 23.9 Å². The molecule has 1 aromatic heterocycles. The van der Waals surface area contributed by atoms with Crippen molar-refractivity contribution in [3.63, 3.8) is 0 Å². The van der Waals surface area contributed by atoms with Gasteiger partial charge in [0.25, 0.3) is 0 Å². The highest BCUT2D eigenvalue weighted by Crippen LogP contribution is 2.38. The van der Waals surface area contributed by atoms with Crippen LogP contribution in [-0.2, 0) is 0 Å². The number of benzene rings is 2. The molecule has 0 aliphatic carbocycles. The van der Waals surface area contributed by atoms with Gasteiger partial charge in [-0.3, -0.25) is 5.10 Å². The van der Waals surface area contributed by atoms with Crippen molar-refractivity contribution in [1.82, 2.24) is 10.2 Å². The smallest absolute Gasteiger partial charge is 0.406 e. The summed E-state index contributed by atoms with van der Waals surface area (Å²) in [6.45, 7) is 0. The van der Waals surface area contributed by atoms with Crippen LogP contribution in [0.25, 0.3) is 11.3 Å². The number of nitrogens with one attached hydrogen (secondary N) is 2. The molecule has 2 N–H and O–H groups in total. The number of hydrogen-bond acceptors (Lipinski definition) is 4. The van der Waals surface area contributed by atoms with Gasteiger partial charge >= 0.3 is 6.36 Å². The van der Waals surface area contributed by atoms with Gasteiger partial charge in [-0.15, -0.1) is 13.2 Å². The summed E-state index contributed by atoms with van der Waals surface area (Å²) < 4.78 is 83.0. The number of hydrogen-bond donors (Lipinski definition) is 2. The molecule has 1 aliphatic rings. The molecule has 0 saturated heterocycles. The molecule has 0 saturated carbocycles. The lowest BCUT2D eigenvalue weighted by molar-refractivity contribution is -0.274. The average Bonchev–Trinajstić information content (AvgIpc) is 2.96. The number of aliphatic imine (C=N–C) groups is 1. The van der Waals surface area contributed by atoms with Crippen LogP contribution < -0.4 is 10.1 Å². The Balaban J connectivity index is 1.85. The number of fused-ring (bicyclic) bond motifs is 3. The Kier molecular flexibility index (Phi) is 4.02. The van der Waals surface area contributed by atoms with E-state index in [4.69, 9.17) is 0 Å². The van der Waals surface area contributed by atoms with Crippen molar-refractivity contribution < 1.29 is 31.1 Å². The molecule has 4 rings (SSSR count). The second-order valence-corrected chi connectivity index (χ2v) is 5.70. The van der Waals surface area contributed by atoms with Crippen molar-refractivity contribution in [1.29, 1.82) is 0 Å². The lowest BCUT2D eigenvalue weighted by Crippen LogP contribution is -2.19. The number of alkyl halides is 3. The van der Waals surface area contributed by atoms with E-state index >= 15 is 0 Å². The summed E-state index contributed by atoms with van der Waals surface area (Å²) in [6.07, 6.45) is -3.74. The second-order valence-electron chi connectivity index (χ2n) is 5.70. The molecule has 0 unspecified atom stereocenters. The van der Waals surface area contributed by atoms with E-state index in [1.165, 1.54) is 12.3 Å². The largest absolute Gasteiger partial charge is 0.573 e. The standard InChI is InChI=1S/C17H8F6N4O/c18-7-1-2-12-9(3-7)15-13(6-24-27-15)26-16(25-12)14-10(19)4-8(5-11(14)20)28-17(21,22)23/h1-6H,(H,24,27)(H,25,26). The van der Waals surface area contributed by atoms with Gasteiger partial charge in [0.05, 0.1) is 16.9 Å². The van der Waals surface area contributed by atoms with Gasteiger partial charge in [-0.25, -0.2) is 18.2 Å². The molecule has 0 fully saturated rings. The Hall–Kier alpha value is -3.50. The van der Waals surface area contributed by atoms with Gasteiger partial charge in [-0.1, -0.05) is 0 Å². The third kappa shape index (κ3) is 3.26. The Bertz CT molecular complexity index is 1080. The first-order valence-electron chi connectivity index (χ1n) is 7.66. The highest BCUT2D eigenvalue weighted by Gasteiger charge is 2.32. The van der Waals surface area contributed by atoms with Crippen molar-refractivity contribution in [3.05, 3.63) is 59.5 Å². The molecular weight excluding hydrogens is 390 g/mol. The lowest BCUT2D eigenvalue weighted by Gasteiger charge is -2.13. The van der Waals surface area contributed by atoms with Crippen LogP contribution in [0.3, 0.4) is 0 Å². The summed E-state index contributed by atoms with van der Waals surface area (Å²) in [7, 11) is 0. The number of anilines is 1. The quantitative estimate of drug-likeness (QED) is 0.604. The summed E-state index contributed by atoms with van der Waals surface area (Å²) in [6, 6.07) is 4.32. The van der Waals surface area contributed by atoms with Gasteiger partial charge in [0.15, 0.2) is 0 Å². The maximum Gasteiger partial charge on any atom is 0.573 e. The number of aromatic amines is 1. The van der Waals surface area contributed by atoms with E-state index in [1.54, 1.807) is 0 Å². The molecule has 11 heteroatoms. The van der Waals surface area contributed by atoms with Crippen LogP contribution in [0, 0.1) is 17.5 Å². The molecular formula is C17H8F6N4O. The molecule has 28 heavy (non-hydrogen) atoms. The summed E-state index contributed by atoms with van der Waals surface area (Å²) in [5, 5.41) is 9.17. The summed E-state index contributed by atoms with van der Waals surface area (Å²) in [5.74, 6) is -4.62. The monoisotopic (exact) mass is 398 g/mol. The van der Waals surface area contributed by atoms with Crippen molar-refractivity contribution in [2.75, 3.05) is 5.32 Å². The third-order valence-corrected chi connectivity index (χ3v) is 3.83. The van der Waals surface area contributed by atoms with Crippen molar-refractivity contribution in [3.8, 4) is 17.0 Å². The van der Waals surface area contributed by atoms with Crippen molar-refractivity contribution in [2.24, 2.45) is 4.99 Å². The average molecular weight is 398 g/mol. The molecule has 0 radical (unpaired) electrons. The van der Waals surface area contributed by atoms with E-state index < -0.39 is 35.1 Å². The molecule has 0 atom stereocenters. The van der Waals surface area contributed by atoms with Gasteiger partial charge in [0.1, 0.15) is 34.7 Å². The Labute approximate surface area is 152 Å². The van der Waals surface area contributed by atoms with Crippen molar-refractivity contribution in [2.45, 2.75) is 6.36 Å². The molecule has 3 aromatic rings. The highest BCUT2D eigenvalue weighted by atomic mass is 19.4. The zero-order valence-electron chi connectivity index (χ0n) is 13.5. The fraction of sp³-hybridized carbons (Fsp3) is 0.0588. The summed E-state index contributed by atoms with van der Waals surface area (Å²) in [5.41, 5.74) is 0.211. The minimum atomic E-state index is -5.10. The maximum atomic E-state index is 14.5. The molecule has 2 heterocycles. The molecule has 144 valence electrons. The van der Waals surface area contributed by atoms with E-state index in [1.807, 2.05) is 0 Å². The van der Waals surface area contributed by atoms with Crippen LogP contribution in [0.4, 0.5) is 37.7 Å². The first-order chi connectivity index (χ1) is 13.2. The topological polar surface area (TPSA) is 62.3 Å². The van der Waals surface area contributed by atoms with E-state index in [0.29, 0.717) is 12.1 Å². The number of nitrogens with zero attached hydrogens (tertiary/aromatic N) is 2. The maximum absolute atomic E-state index is 14.5. The van der Waals surface area contributed by atoms with Crippen LogP contribution in [0.15, 0.2) is 41.5 Å². The van der Waals surface area contributed by atoms with E-state index in [9.17, 15) is 26.3 Å². The minimum Gasteiger partial charge on any atom is -0.406 e. The fourth-order valence-electron chi connectivity index (χ4n) is 2.75. The molecule has 0 amide bonds. The van der Waals surface area contributed by atoms with Crippen LogP contribution in [0.2, 0.25) is 0 Å². The van der Waals surface area contributed by atoms with Crippen molar-refractivity contribution >= 4 is 17.2 Å². The SMILES string of the molecule is Fc1ccc2c(c1)-c1n[nH]cc1NC(c1c(F)cc(OC(F)(F)F)cc1F)=N2. The molecule has 1 aliphatic heterocycles. The molecule has 0 bridgehead atoms. The minimum absolute atomic E-state index is 0.157. The number of aromatic nitrogens is 2. The number of amidine groups is 1. The number of H-pyrrole nitrogens is 1. The van der Waals surface area contributed by atoms with Gasteiger partial charge in [-0.05, 0) is 18.2 Å². The number of ether oxygens (including phenoxy) is 1. The van der Waals surface area contributed by atoms with E-state index in [-0.39, 0.29) is 28.5 Å². The Morgan fingerprint density at radius 3 is 2.36 bits per heavy atom. The fourth-order valence-corrected chi connectivity index (χ4v) is 2.75. The van der Waals surface area contributed by atoms with E-state index in [0.717, 1.165) is 12.1 Å².